The van der Waals surface area contributed by atoms with Crippen LogP contribution in [-0.4, -0.2) is 7.11 Å². The first kappa shape index (κ1) is 9.08. The second-order valence-corrected chi connectivity index (χ2v) is 3.22. The summed E-state index contributed by atoms with van der Waals surface area (Å²) in [6, 6.07) is 5.67. The lowest BCUT2D eigenvalue weighted by Crippen LogP contribution is -1.91. The Hall–Kier alpha value is -1.01. The van der Waals surface area contributed by atoms with Crippen molar-refractivity contribution < 1.29 is 4.74 Å². The number of nitrogens with zero attached hydrogens (tertiary/aromatic N) is 1. The Morgan fingerprint density at radius 2 is 2.17 bits per heavy atom. The Morgan fingerprint density at radius 3 is 2.67 bits per heavy atom. The van der Waals surface area contributed by atoms with Crippen LogP contribution in [-0.2, 0) is 0 Å². The number of halogens is 1. The second kappa shape index (κ2) is 3.59. The Bertz CT molecular complexity index is 341. The molecule has 1 rings (SSSR count). The molecule has 0 saturated carbocycles. The second-order valence-electron chi connectivity index (χ2n) is 2.36. The molecule has 0 N–H and O–H groups in total. The molecule has 1 aromatic rings. The third-order valence-electron chi connectivity index (χ3n) is 1.68. The van der Waals surface area contributed by atoms with Gasteiger partial charge in [-0.3, -0.25) is 0 Å². The molecule has 3 heteroatoms. The molecule has 0 spiro atoms. The molecule has 12 heavy (non-hydrogen) atoms. The van der Waals surface area contributed by atoms with Gasteiger partial charge in [0.2, 0.25) is 0 Å². The summed E-state index contributed by atoms with van der Waals surface area (Å²) in [5.41, 5.74) is 1.52. The fourth-order valence-electron chi connectivity index (χ4n) is 1.03. The van der Waals surface area contributed by atoms with Gasteiger partial charge in [0.1, 0.15) is 5.75 Å². The fourth-order valence-corrected chi connectivity index (χ4v) is 1.62. The van der Waals surface area contributed by atoms with Crippen molar-refractivity contribution >= 4 is 15.9 Å². The predicted octanol–water partition coefficient (Wildman–Crippen LogP) is 2.64. The van der Waals surface area contributed by atoms with Crippen LogP contribution in [0.1, 0.15) is 11.1 Å². The summed E-state index contributed by atoms with van der Waals surface area (Å²) in [7, 11) is 1.59. The van der Waals surface area contributed by atoms with Crippen molar-refractivity contribution in [2.75, 3.05) is 7.11 Å². The highest BCUT2D eigenvalue weighted by Crippen LogP contribution is 2.30. The van der Waals surface area contributed by atoms with E-state index in [0.717, 1.165) is 15.8 Å². The molecule has 0 bridgehead atoms. The van der Waals surface area contributed by atoms with Crippen molar-refractivity contribution in [1.82, 2.24) is 0 Å². The molecular formula is C9H8BrNO. The van der Waals surface area contributed by atoms with Gasteiger partial charge >= 0.3 is 0 Å². The standard InChI is InChI=1S/C9H8BrNO/c1-6-7(5-11)3-4-8(10)9(6)12-2/h3-4H,1-2H3. The summed E-state index contributed by atoms with van der Waals surface area (Å²) in [6.45, 7) is 1.86. The molecule has 1 aromatic carbocycles. The van der Waals surface area contributed by atoms with Crippen LogP contribution in [0, 0.1) is 18.3 Å². The molecule has 0 aliphatic heterocycles. The van der Waals surface area contributed by atoms with Crippen LogP contribution in [0.15, 0.2) is 16.6 Å². The lowest BCUT2D eigenvalue weighted by Gasteiger charge is -2.07. The van der Waals surface area contributed by atoms with Crippen LogP contribution in [0.25, 0.3) is 0 Å². The molecule has 0 heterocycles. The van der Waals surface area contributed by atoms with E-state index in [9.17, 15) is 0 Å². The summed E-state index contributed by atoms with van der Waals surface area (Å²) in [5.74, 6) is 0.731. The number of benzene rings is 1. The average molecular weight is 226 g/mol. The maximum Gasteiger partial charge on any atom is 0.137 e. The van der Waals surface area contributed by atoms with Crippen LogP contribution < -0.4 is 4.74 Å². The van der Waals surface area contributed by atoms with Gasteiger partial charge < -0.3 is 4.74 Å². The van der Waals surface area contributed by atoms with E-state index in [1.54, 1.807) is 13.2 Å². The van der Waals surface area contributed by atoms with Crippen LogP contribution in [0.5, 0.6) is 5.75 Å². The Kier molecular flexibility index (Phi) is 2.72. The SMILES string of the molecule is COc1c(Br)ccc(C#N)c1C. The van der Waals surface area contributed by atoms with E-state index in [1.165, 1.54) is 0 Å². The smallest absolute Gasteiger partial charge is 0.137 e. The lowest BCUT2D eigenvalue weighted by atomic mass is 10.1. The normalized spacial score (nSPS) is 9.17. The van der Waals surface area contributed by atoms with Crippen molar-refractivity contribution in [3.05, 3.63) is 27.7 Å². The number of methoxy groups -OCH3 is 1. The molecule has 0 saturated heterocycles. The highest BCUT2D eigenvalue weighted by atomic mass is 79.9. The molecule has 0 aromatic heterocycles. The molecule has 0 aliphatic rings. The topological polar surface area (TPSA) is 33.0 Å². The predicted molar refractivity (Wildman–Crippen MR) is 50.1 cm³/mol. The van der Waals surface area contributed by atoms with Crippen molar-refractivity contribution in [3.63, 3.8) is 0 Å². The summed E-state index contributed by atoms with van der Waals surface area (Å²) in [5, 5.41) is 8.71. The van der Waals surface area contributed by atoms with Gasteiger partial charge in [-0.2, -0.15) is 5.26 Å². The molecular weight excluding hydrogens is 218 g/mol. The molecule has 0 aliphatic carbocycles. The van der Waals surface area contributed by atoms with E-state index in [0.29, 0.717) is 5.56 Å². The summed E-state index contributed by atoms with van der Waals surface area (Å²) in [4.78, 5) is 0. The number of rotatable bonds is 1. The maximum absolute atomic E-state index is 8.71. The first-order valence-electron chi connectivity index (χ1n) is 3.44. The monoisotopic (exact) mass is 225 g/mol. The van der Waals surface area contributed by atoms with Crippen molar-refractivity contribution in [2.45, 2.75) is 6.92 Å². The van der Waals surface area contributed by atoms with Gasteiger partial charge in [-0.05, 0) is 35.0 Å². The zero-order valence-corrected chi connectivity index (χ0v) is 8.47. The molecule has 2 nitrogen and oxygen atoms in total. The van der Waals surface area contributed by atoms with E-state index >= 15 is 0 Å². The quantitative estimate of drug-likeness (QED) is 0.737. The van der Waals surface area contributed by atoms with Crippen LogP contribution in [0.2, 0.25) is 0 Å². The molecule has 0 unspecified atom stereocenters. The third kappa shape index (κ3) is 1.44. The van der Waals surface area contributed by atoms with Crippen molar-refractivity contribution in [2.24, 2.45) is 0 Å². The van der Waals surface area contributed by atoms with Gasteiger partial charge in [-0.25, -0.2) is 0 Å². The van der Waals surface area contributed by atoms with E-state index in [-0.39, 0.29) is 0 Å². The highest BCUT2D eigenvalue weighted by Gasteiger charge is 2.07. The summed E-state index contributed by atoms with van der Waals surface area (Å²) in [6.07, 6.45) is 0. The Morgan fingerprint density at radius 1 is 1.50 bits per heavy atom. The largest absolute Gasteiger partial charge is 0.495 e. The average Bonchev–Trinajstić information content (AvgIpc) is 2.06. The van der Waals surface area contributed by atoms with Crippen molar-refractivity contribution in [3.8, 4) is 11.8 Å². The van der Waals surface area contributed by atoms with Gasteiger partial charge in [0.15, 0.2) is 0 Å². The minimum atomic E-state index is 0.648. The number of hydrogen-bond donors (Lipinski definition) is 0. The molecule has 0 radical (unpaired) electrons. The Labute approximate surface area is 79.9 Å². The van der Waals surface area contributed by atoms with Crippen LogP contribution in [0.4, 0.5) is 0 Å². The molecule has 0 atom stereocenters. The number of ether oxygens (including phenoxy) is 1. The van der Waals surface area contributed by atoms with Gasteiger partial charge in [0.05, 0.1) is 23.2 Å². The molecule has 0 amide bonds. The van der Waals surface area contributed by atoms with E-state index < -0.39 is 0 Å². The lowest BCUT2D eigenvalue weighted by molar-refractivity contribution is 0.409. The highest BCUT2D eigenvalue weighted by molar-refractivity contribution is 9.10. The van der Waals surface area contributed by atoms with Crippen LogP contribution in [0.3, 0.4) is 0 Å². The first-order valence-corrected chi connectivity index (χ1v) is 4.23. The van der Waals surface area contributed by atoms with E-state index in [4.69, 9.17) is 10.00 Å². The number of nitriles is 1. The molecule has 0 fully saturated rings. The number of hydrogen-bond acceptors (Lipinski definition) is 2. The van der Waals surface area contributed by atoms with Gasteiger partial charge in [0.25, 0.3) is 0 Å². The fraction of sp³-hybridized carbons (Fsp3) is 0.222. The van der Waals surface area contributed by atoms with E-state index in [2.05, 4.69) is 22.0 Å². The molecule has 62 valence electrons. The van der Waals surface area contributed by atoms with Gasteiger partial charge in [-0.1, -0.05) is 0 Å². The minimum absolute atomic E-state index is 0.648. The first-order chi connectivity index (χ1) is 5.70. The zero-order chi connectivity index (χ0) is 9.14. The summed E-state index contributed by atoms with van der Waals surface area (Å²) < 4.78 is 6.00. The van der Waals surface area contributed by atoms with Crippen molar-refractivity contribution in [1.29, 1.82) is 5.26 Å². The summed E-state index contributed by atoms with van der Waals surface area (Å²) >= 11 is 3.34. The van der Waals surface area contributed by atoms with E-state index in [1.807, 2.05) is 13.0 Å². The maximum atomic E-state index is 8.71. The van der Waals surface area contributed by atoms with Gasteiger partial charge in [0, 0.05) is 5.56 Å². The van der Waals surface area contributed by atoms with Crippen LogP contribution >= 0.6 is 15.9 Å². The zero-order valence-electron chi connectivity index (χ0n) is 6.89. The van der Waals surface area contributed by atoms with Gasteiger partial charge in [-0.15, -0.1) is 0 Å². The minimum Gasteiger partial charge on any atom is -0.495 e. The third-order valence-corrected chi connectivity index (χ3v) is 2.31. The Balaban J connectivity index is 3.36.